The third kappa shape index (κ3) is 6.14. The van der Waals surface area contributed by atoms with Crippen molar-refractivity contribution >= 4 is 8.78 Å². The molecule has 0 bridgehead atoms. The first kappa shape index (κ1) is 38.7. The number of fused-ring (bicyclic) bond motifs is 6. The van der Waals surface area contributed by atoms with E-state index in [4.69, 9.17) is 4.42 Å². The van der Waals surface area contributed by atoms with Gasteiger partial charge in [0.1, 0.15) is 0 Å². The average molecular weight is 735 g/mol. The third-order valence-electron chi connectivity index (χ3n) is 12.4. The molecule has 46 heavy (non-hydrogen) atoms. The van der Waals surface area contributed by atoms with Crippen molar-refractivity contribution in [2.75, 3.05) is 0 Å². The Morgan fingerprint density at radius 2 is 1.57 bits per heavy atom. The van der Waals surface area contributed by atoms with E-state index in [1.54, 1.807) is 65.0 Å². The van der Waals surface area contributed by atoms with Crippen molar-refractivity contribution in [3.05, 3.63) is 113 Å². The van der Waals surface area contributed by atoms with Gasteiger partial charge in [0.05, 0.1) is 0 Å². The molecule has 3 aromatic rings. The van der Waals surface area contributed by atoms with Crippen LogP contribution in [-0.2, 0) is 30.7 Å². The number of hydrogen-bond acceptors (Lipinski definition) is 1. The third-order valence-corrected chi connectivity index (χ3v) is 12.4. The van der Waals surface area contributed by atoms with E-state index < -0.39 is 0 Å². The fraction of sp³-hybridized carbons (Fsp3) is 0.452. The van der Waals surface area contributed by atoms with Gasteiger partial charge in [-0.2, -0.15) is 17.2 Å². The second kappa shape index (κ2) is 14.8. The first-order valence-electron chi connectivity index (χ1n) is 16.6. The van der Waals surface area contributed by atoms with Crippen molar-refractivity contribution in [3.63, 3.8) is 0 Å². The van der Waals surface area contributed by atoms with E-state index in [9.17, 15) is 0 Å². The summed E-state index contributed by atoms with van der Waals surface area (Å²) in [5, 5.41) is 0. The summed E-state index contributed by atoms with van der Waals surface area (Å²) in [6, 6.07) is 17.4. The molecule has 0 N–H and O–H groups in total. The fourth-order valence-corrected chi connectivity index (χ4v) is 9.09. The largest absolute Gasteiger partial charge is 1.00 e. The standard InChI is InChI=1S/C29H37.C10H9O.C3H6.2ClH.Zr/c1-16-13-14-25-26-23-12-10-9-11-22(23)15-24(26)27-19(4)17(2)18(3)21(6)29(27,8)28(25,7)20(16)5;1-8-3-2-4-10(8)9-5-6-11-7-9;1-3-2;;;/h9-14,16-18,20-21H,15H2,1-8H3;2-7H,1H3;1-2H3;2*1H;/q2*-1;;;;+2/p-2. The van der Waals surface area contributed by atoms with Crippen LogP contribution in [0.2, 0.25) is 0 Å². The molecule has 1 fully saturated rings. The maximum absolute atomic E-state index is 4.99. The van der Waals surface area contributed by atoms with Crippen LogP contribution in [0.15, 0.2) is 94.3 Å². The molecule has 0 aliphatic heterocycles. The van der Waals surface area contributed by atoms with Crippen molar-refractivity contribution < 1.29 is 53.5 Å². The van der Waals surface area contributed by atoms with Gasteiger partial charge >= 0.3 is 41.3 Å². The van der Waals surface area contributed by atoms with Gasteiger partial charge in [0.15, 0.2) is 0 Å². The molecule has 1 nitrogen and oxygen atoms in total. The summed E-state index contributed by atoms with van der Waals surface area (Å²) in [6.45, 7) is 26.5. The zero-order chi connectivity index (χ0) is 32.1. The molecule has 7 unspecified atom stereocenters. The fourth-order valence-electron chi connectivity index (χ4n) is 9.09. The number of rotatable bonds is 1. The molecule has 1 saturated carbocycles. The topological polar surface area (TPSA) is 13.1 Å². The molecular formula is C42H52Cl2OZr-2. The van der Waals surface area contributed by atoms with Crippen molar-refractivity contribution in [1.82, 2.24) is 0 Å². The second-order valence-electron chi connectivity index (χ2n) is 14.6. The molecule has 0 amide bonds. The van der Waals surface area contributed by atoms with Crippen LogP contribution in [0.1, 0.15) is 85.9 Å². The van der Waals surface area contributed by atoms with Crippen LogP contribution >= 0.6 is 0 Å². The Balaban J connectivity index is 0.000000283. The van der Waals surface area contributed by atoms with E-state index >= 15 is 0 Å². The molecule has 0 spiro atoms. The van der Waals surface area contributed by atoms with E-state index in [1.165, 1.54) is 25.5 Å². The van der Waals surface area contributed by atoms with Crippen LogP contribution in [0.4, 0.5) is 0 Å². The minimum Gasteiger partial charge on any atom is -1.00 e. The van der Waals surface area contributed by atoms with Crippen molar-refractivity contribution in [2.45, 2.75) is 82.6 Å². The van der Waals surface area contributed by atoms with Gasteiger partial charge in [0, 0.05) is 17.9 Å². The summed E-state index contributed by atoms with van der Waals surface area (Å²) < 4.78 is 6.50. The van der Waals surface area contributed by atoms with E-state index in [1.807, 2.05) is 6.07 Å². The summed E-state index contributed by atoms with van der Waals surface area (Å²) in [5.74, 6) is 4.93. The Hall–Kier alpha value is -1.73. The SMILES string of the molecule is C[C-]1C2=C3Cc4ccccc4C3=C3C=CC(C)C(C)C3(C)C2(C)C(C)C(C)C1C.C[C](C)=[Zr+2].Cc1ccc[c-]1-c1ccoc1.[Cl-].[Cl-]. The quantitative estimate of drug-likeness (QED) is 0.306. The Morgan fingerprint density at radius 1 is 0.913 bits per heavy atom. The van der Waals surface area contributed by atoms with E-state index in [0.717, 1.165) is 12.0 Å². The summed E-state index contributed by atoms with van der Waals surface area (Å²) in [7, 11) is 0. The Bertz CT molecular complexity index is 1620. The van der Waals surface area contributed by atoms with E-state index in [-0.39, 0.29) is 35.6 Å². The summed E-state index contributed by atoms with van der Waals surface area (Å²) in [6.07, 6.45) is 9.58. The van der Waals surface area contributed by atoms with Gasteiger partial charge in [-0.15, -0.1) is 24.6 Å². The van der Waals surface area contributed by atoms with Gasteiger partial charge in [-0.25, -0.2) is 5.92 Å². The molecule has 1 aromatic heterocycles. The van der Waals surface area contributed by atoms with Gasteiger partial charge in [-0.3, -0.25) is 0 Å². The minimum atomic E-state index is 0. The molecule has 0 saturated heterocycles. The number of hydrogen-bond donors (Lipinski definition) is 0. The van der Waals surface area contributed by atoms with Crippen LogP contribution in [0.5, 0.6) is 0 Å². The number of allylic oxidation sites excluding steroid dienone is 6. The van der Waals surface area contributed by atoms with E-state index in [0.29, 0.717) is 29.6 Å². The number of benzene rings is 1. The first-order chi connectivity index (χ1) is 20.8. The zero-order valence-electron chi connectivity index (χ0n) is 29.7. The molecule has 4 aliphatic carbocycles. The van der Waals surface area contributed by atoms with Crippen LogP contribution in [-0.4, -0.2) is 3.21 Å². The van der Waals surface area contributed by atoms with Crippen LogP contribution in [0.3, 0.4) is 0 Å². The molecule has 7 rings (SSSR count). The van der Waals surface area contributed by atoms with Crippen LogP contribution in [0, 0.1) is 53.3 Å². The van der Waals surface area contributed by atoms with Crippen molar-refractivity contribution in [1.29, 1.82) is 0 Å². The summed E-state index contributed by atoms with van der Waals surface area (Å²) in [4.78, 5) is 0. The smallest absolute Gasteiger partial charge is 0.0471 e. The van der Waals surface area contributed by atoms with Crippen LogP contribution < -0.4 is 24.8 Å². The molecule has 7 atom stereocenters. The summed E-state index contributed by atoms with van der Waals surface area (Å²) in [5.41, 5.74) is 13.6. The van der Waals surface area contributed by atoms with Gasteiger partial charge in [0.25, 0.3) is 0 Å². The molecular weight excluding hydrogens is 683 g/mol. The van der Waals surface area contributed by atoms with Gasteiger partial charge in [-0.1, -0.05) is 138 Å². The number of halogens is 2. The Morgan fingerprint density at radius 3 is 2.15 bits per heavy atom. The van der Waals surface area contributed by atoms with Crippen molar-refractivity contribution in [2.24, 2.45) is 40.4 Å². The Kier molecular flexibility index (Phi) is 12.5. The first-order valence-corrected chi connectivity index (χ1v) is 17.8. The van der Waals surface area contributed by atoms with Gasteiger partial charge in [0.2, 0.25) is 0 Å². The maximum Gasteiger partial charge on any atom is 0.0471 e. The maximum atomic E-state index is 4.99. The molecule has 2 aromatic carbocycles. The summed E-state index contributed by atoms with van der Waals surface area (Å²) >= 11 is 1.55. The van der Waals surface area contributed by atoms with Gasteiger partial charge in [-0.05, 0) is 34.7 Å². The molecule has 1 heterocycles. The number of furan rings is 1. The normalized spacial score (nSPS) is 30.3. The molecule has 4 heteroatoms. The minimum absolute atomic E-state index is 0. The van der Waals surface area contributed by atoms with E-state index in [2.05, 4.69) is 131 Å². The molecule has 246 valence electrons. The Labute approximate surface area is 306 Å². The number of aryl methyl sites for hydroxylation is 1. The van der Waals surface area contributed by atoms with Gasteiger partial charge < -0.3 is 29.2 Å². The van der Waals surface area contributed by atoms with Crippen molar-refractivity contribution in [3.8, 4) is 11.1 Å². The predicted molar refractivity (Wildman–Crippen MR) is 185 cm³/mol. The average Bonchev–Trinajstić information content (AvgIpc) is 3.74. The molecule has 4 aliphatic rings. The van der Waals surface area contributed by atoms with Crippen LogP contribution in [0.25, 0.3) is 16.7 Å². The predicted octanol–water partition coefficient (Wildman–Crippen LogP) is 5.40. The molecule has 0 radical (unpaired) electrons. The monoisotopic (exact) mass is 732 g/mol. The zero-order valence-corrected chi connectivity index (χ0v) is 33.7. The second-order valence-corrected chi connectivity index (χ2v) is 17.1.